The Hall–Kier alpha value is -0.340. The van der Waals surface area contributed by atoms with Gasteiger partial charge in [0.15, 0.2) is 0 Å². The second-order valence-electron chi connectivity index (χ2n) is 5.04. The molecule has 1 saturated carbocycles. The Labute approximate surface area is 87.2 Å². The highest BCUT2D eigenvalue weighted by Gasteiger charge is 2.40. The van der Waals surface area contributed by atoms with Gasteiger partial charge in [0.05, 0.1) is 0 Å². The van der Waals surface area contributed by atoms with E-state index in [1.165, 1.54) is 17.6 Å². The number of rotatable bonds is 1. The molecule has 1 aliphatic carbocycles. The molecule has 1 aliphatic rings. The molecule has 1 rings (SSSR count). The van der Waals surface area contributed by atoms with Gasteiger partial charge < -0.3 is 10.8 Å². The lowest BCUT2D eigenvalue weighted by Gasteiger charge is -2.41. The quantitative estimate of drug-likeness (QED) is 0.633. The van der Waals surface area contributed by atoms with Crippen LogP contribution in [-0.4, -0.2) is 16.7 Å². The highest BCUT2D eigenvalue weighted by Crippen LogP contribution is 2.39. The van der Waals surface area contributed by atoms with Crippen molar-refractivity contribution in [3.05, 3.63) is 11.1 Å². The van der Waals surface area contributed by atoms with E-state index < -0.39 is 5.60 Å². The average molecular weight is 197 g/mol. The molecule has 3 atom stereocenters. The first-order valence-electron chi connectivity index (χ1n) is 5.52. The summed E-state index contributed by atoms with van der Waals surface area (Å²) in [6.07, 6.45) is 2.99. The van der Waals surface area contributed by atoms with Crippen LogP contribution >= 0.6 is 0 Å². The smallest absolute Gasteiger partial charge is 0.101 e. The van der Waals surface area contributed by atoms with E-state index in [1.54, 1.807) is 0 Å². The molecule has 3 N–H and O–H groups in total. The van der Waals surface area contributed by atoms with Gasteiger partial charge in [-0.1, -0.05) is 12.5 Å². The molecular formula is C12H23NO. The van der Waals surface area contributed by atoms with Crippen molar-refractivity contribution in [2.24, 2.45) is 11.7 Å². The first-order valence-corrected chi connectivity index (χ1v) is 5.52. The second-order valence-corrected chi connectivity index (χ2v) is 5.04. The predicted molar refractivity (Wildman–Crippen MR) is 60.0 cm³/mol. The van der Waals surface area contributed by atoms with Gasteiger partial charge in [0, 0.05) is 6.04 Å². The Bertz CT molecular complexity index is 241. The second kappa shape index (κ2) is 4.03. The van der Waals surface area contributed by atoms with Crippen LogP contribution in [0.4, 0.5) is 0 Å². The van der Waals surface area contributed by atoms with Gasteiger partial charge in [-0.2, -0.15) is 0 Å². The Morgan fingerprint density at radius 2 is 2.14 bits per heavy atom. The van der Waals surface area contributed by atoms with Gasteiger partial charge in [-0.25, -0.2) is 0 Å². The lowest BCUT2D eigenvalue weighted by atomic mass is 9.70. The van der Waals surface area contributed by atoms with Crippen LogP contribution < -0.4 is 5.73 Å². The third-order valence-corrected chi connectivity index (χ3v) is 3.43. The number of hydrogen-bond acceptors (Lipinski definition) is 2. The number of allylic oxidation sites excluding steroid dienone is 1. The summed E-state index contributed by atoms with van der Waals surface area (Å²) in [5.41, 5.74) is 7.56. The van der Waals surface area contributed by atoms with E-state index in [4.69, 9.17) is 5.73 Å². The molecule has 1 fully saturated rings. The van der Waals surface area contributed by atoms with Gasteiger partial charge in [0.1, 0.15) is 5.60 Å². The van der Waals surface area contributed by atoms with Crippen molar-refractivity contribution >= 4 is 0 Å². The standard InChI is InChI=1S/C12H23NO/c1-8(2)11-6-5-9(3)7-12(11,14)10(4)13/h9-10,14H,5-7,13H2,1-4H3. The van der Waals surface area contributed by atoms with Crippen molar-refractivity contribution in [3.63, 3.8) is 0 Å². The van der Waals surface area contributed by atoms with Crippen molar-refractivity contribution < 1.29 is 5.11 Å². The third-order valence-electron chi connectivity index (χ3n) is 3.43. The lowest BCUT2D eigenvalue weighted by Crippen LogP contribution is -2.51. The molecule has 0 aliphatic heterocycles. The molecule has 0 bridgehead atoms. The molecule has 0 radical (unpaired) electrons. The molecule has 0 saturated heterocycles. The van der Waals surface area contributed by atoms with Crippen molar-refractivity contribution in [2.45, 2.75) is 58.6 Å². The Balaban J connectivity index is 3.02. The molecule has 82 valence electrons. The number of aliphatic hydroxyl groups is 1. The number of hydrogen-bond donors (Lipinski definition) is 2. The van der Waals surface area contributed by atoms with E-state index >= 15 is 0 Å². The van der Waals surface area contributed by atoms with Gasteiger partial charge >= 0.3 is 0 Å². The third kappa shape index (κ3) is 2.01. The fourth-order valence-electron chi connectivity index (χ4n) is 2.51. The normalized spacial score (nSPS) is 35.6. The van der Waals surface area contributed by atoms with E-state index in [1.807, 2.05) is 6.92 Å². The van der Waals surface area contributed by atoms with Gasteiger partial charge in [0.2, 0.25) is 0 Å². The highest BCUT2D eigenvalue weighted by molar-refractivity contribution is 5.26. The SMILES string of the molecule is CC(C)=C1CCC(C)CC1(O)C(C)N. The van der Waals surface area contributed by atoms with E-state index in [0.717, 1.165) is 12.8 Å². The summed E-state index contributed by atoms with van der Waals surface area (Å²) in [6.45, 7) is 8.23. The molecule has 2 heteroatoms. The van der Waals surface area contributed by atoms with Crippen molar-refractivity contribution in [2.75, 3.05) is 0 Å². The fraction of sp³-hybridized carbons (Fsp3) is 0.833. The van der Waals surface area contributed by atoms with Gasteiger partial charge in [0.25, 0.3) is 0 Å². The monoisotopic (exact) mass is 197 g/mol. The molecule has 0 amide bonds. The molecule has 0 heterocycles. The molecule has 0 aromatic rings. The van der Waals surface area contributed by atoms with Crippen molar-refractivity contribution in [1.29, 1.82) is 0 Å². The maximum atomic E-state index is 10.6. The summed E-state index contributed by atoms with van der Waals surface area (Å²) in [5, 5.41) is 10.6. The maximum Gasteiger partial charge on any atom is 0.101 e. The molecule has 0 aromatic carbocycles. The van der Waals surface area contributed by atoms with Crippen LogP contribution in [0.5, 0.6) is 0 Å². The van der Waals surface area contributed by atoms with Crippen LogP contribution in [-0.2, 0) is 0 Å². The van der Waals surface area contributed by atoms with Crippen LogP contribution in [0.2, 0.25) is 0 Å². The lowest BCUT2D eigenvalue weighted by molar-refractivity contribution is 0.0143. The Morgan fingerprint density at radius 1 is 1.57 bits per heavy atom. The minimum Gasteiger partial charge on any atom is -0.384 e. The van der Waals surface area contributed by atoms with Crippen LogP contribution in [0, 0.1) is 5.92 Å². The average Bonchev–Trinajstić information content (AvgIpc) is 2.02. The first kappa shape index (κ1) is 11.7. The fourth-order valence-corrected chi connectivity index (χ4v) is 2.51. The number of nitrogens with two attached hydrogens (primary N) is 1. The van der Waals surface area contributed by atoms with Gasteiger partial charge in [-0.3, -0.25) is 0 Å². The summed E-state index contributed by atoms with van der Waals surface area (Å²) >= 11 is 0. The Kier molecular flexibility index (Phi) is 3.38. The summed E-state index contributed by atoms with van der Waals surface area (Å²) in [5.74, 6) is 0.578. The zero-order chi connectivity index (χ0) is 10.9. The summed E-state index contributed by atoms with van der Waals surface area (Å²) in [7, 11) is 0. The summed E-state index contributed by atoms with van der Waals surface area (Å²) < 4.78 is 0. The maximum absolute atomic E-state index is 10.6. The molecule has 14 heavy (non-hydrogen) atoms. The van der Waals surface area contributed by atoms with Crippen molar-refractivity contribution in [1.82, 2.24) is 0 Å². The molecule has 0 aromatic heterocycles. The molecule has 3 unspecified atom stereocenters. The van der Waals surface area contributed by atoms with E-state index in [-0.39, 0.29) is 6.04 Å². The van der Waals surface area contributed by atoms with Gasteiger partial charge in [-0.05, 0) is 51.5 Å². The van der Waals surface area contributed by atoms with E-state index in [2.05, 4.69) is 20.8 Å². The van der Waals surface area contributed by atoms with Crippen LogP contribution in [0.3, 0.4) is 0 Å². The van der Waals surface area contributed by atoms with Crippen molar-refractivity contribution in [3.8, 4) is 0 Å². The first-order chi connectivity index (χ1) is 6.38. The van der Waals surface area contributed by atoms with Crippen LogP contribution in [0.15, 0.2) is 11.1 Å². The zero-order valence-electron chi connectivity index (χ0n) is 9.80. The molecule has 2 nitrogen and oxygen atoms in total. The van der Waals surface area contributed by atoms with Crippen LogP contribution in [0.1, 0.15) is 47.0 Å². The van der Waals surface area contributed by atoms with Gasteiger partial charge in [-0.15, -0.1) is 0 Å². The van der Waals surface area contributed by atoms with Crippen LogP contribution in [0.25, 0.3) is 0 Å². The molecule has 0 spiro atoms. The molecular weight excluding hydrogens is 174 g/mol. The van der Waals surface area contributed by atoms with E-state index in [0.29, 0.717) is 5.92 Å². The minimum absolute atomic E-state index is 0.171. The van der Waals surface area contributed by atoms with E-state index in [9.17, 15) is 5.11 Å². The minimum atomic E-state index is -0.753. The zero-order valence-corrected chi connectivity index (χ0v) is 9.80. The Morgan fingerprint density at radius 3 is 2.57 bits per heavy atom. The predicted octanol–water partition coefficient (Wildman–Crippen LogP) is 2.22. The summed E-state index contributed by atoms with van der Waals surface area (Å²) in [4.78, 5) is 0. The summed E-state index contributed by atoms with van der Waals surface area (Å²) in [6, 6.07) is -0.171. The highest BCUT2D eigenvalue weighted by atomic mass is 16.3. The largest absolute Gasteiger partial charge is 0.384 e. The topological polar surface area (TPSA) is 46.2 Å².